The second kappa shape index (κ2) is 7.04. The molecule has 112 valence electrons. The van der Waals surface area contributed by atoms with Crippen molar-refractivity contribution < 1.29 is 4.74 Å². The van der Waals surface area contributed by atoms with Gasteiger partial charge in [0.1, 0.15) is 5.75 Å². The van der Waals surface area contributed by atoms with E-state index in [9.17, 15) is 4.79 Å². The van der Waals surface area contributed by atoms with Crippen LogP contribution in [0.2, 0.25) is 0 Å². The molecule has 2 rings (SSSR count). The standard InChI is InChI=1S/C16H21N3O2/c1-4-21-15-8-6-5-7-13(15)14-9-12(10-17-11(2)3)16(20)19-18-14/h5-9,11,17H,4,10H2,1-3H3,(H,19,20). The molecule has 0 bridgehead atoms. The molecule has 1 aromatic heterocycles. The molecule has 0 amide bonds. The van der Waals surface area contributed by atoms with Gasteiger partial charge in [0.05, 0.1) is 12.3 Å². The van der Waals surface area contributed by atoms with Crippen molar-refractivity contribution in [1.29, 1.82) is 0 Å². The summed E-state index contributed by atoms with van der Waals surface area (Å²) in [6, 6.07) is 9.81. The molecular weight excluding hydrogens is 266 g/mol. The predicted octanol–water partition coefficient (Wildman–Crippen LogP) is 2.33. The van der Waals surface area contributed by atoms with Gasteiger partial charge < -0.3 is 10.1 Å². The summed E-state index contributed by atoms with van der Waals surface area (Å²) < 4.78 is 5.61. The maximum absolute atomic E-state index is 11.8. The summed E-state index contributed by atoms with van der Waals surface area (Å²) in [6.07, 6.45) is 0. The highest BCUT2D eigenvalue weighted by molar-refractivity contribution is 5.67. The molecule has 21 heavy (non-hydrogen) atoms. The molecule has 0 aliphatic carbocycles. The summed E-state index contributed by atoms with van der Waals surface area (Å²) in [7, 11) is 0. The Balaban J connectivity index is 2.36. The highest BCUT2D eigenvalue weighted by atomic mass is 16.5. The summed E-state index contributed by atoms with van der Waals surface area (Å²) >= 11 is 0. The third-order valence-corrected chi connectivity index (χ3v) is 3.04. The average Bonchev–Trinajstić information content (AvgIpc) is 2.47. The molecule has 0 unspecified atom stereocenters. The van der Waals surface area contributed by atoms with E-state index in [1.807, 2.05) is 51.1 Å². The van der Waals surface area contributed by atoms with Gasteiger partial charge in [-0.3, -0.25) is 4.79 Å². The molecule has 0 aliphatic rings. The number of H-pyrrole nitrogens is 1. The van der Waals surface area contributed by atoms with Crippen LogP contribution in [-0.4, -0.2) is 22.8 Å². The minimum absolute atomic E-state index is 0.166. The lowest BCUT2D eigenvalue weighted by Gasteiger charge is -2.11. The Morgan fingerprint density at radius 1 is 1.33 bits per heavy atom. The van der Waals surface area contributed by atoms with Gasteiger partial charge in [-0.1, -0.05) is 26.0 Å². The number of aromatic amines is 1. The van der Waals surface area contributed by atoms with Gasteiger partial charge >= 0.3 is 0 Å². The van der Waals surface area contributed by atoms with Crippen LogP contribution in [0.1, 0.15) is 26.3 Å². The zero-order chi connectivity index (χ0) is 15.2. The number of rotatable bonds is 6. The van der Waals surface area contributed by atoms with Crippen LogP contribution in [0.5, 0.6) is 5.75 Å². The molecule has 0 spiro atoms. The first-order valence-electron chi connectivity index (χ1n) is 7.16. The van der Waals surface area contributed by atoms with E-state index in [2.05, 4.69) is 15.5 Å². The van der Waals surface area contributed by atoms with E-state index >= 15 is 0 Å². The zero-order valence-electron chi connectivity index (χ0n) is 12.6. The molecule has 1 heterocycles. The SMILES string of the molecule is CCOc1ccccc1-c1cc(CNC(C)C)c(=O)[nH]n1. The molecular formula is C16H21N3O2. The van der Waals surface area contributed by atoms with Crippen LogP contribution in [0.4, 0.5) is 0 Å². The van der Waals surface area contributed by atoms with Crippen LogP contribution in [-0.2, 0) is 6.54 Å². The van der Waals surface area contributed by atoms with Crippen molar-refractivity contribution in [2.24, 2.45) is 0 Å². The van der Waals surface area contributed by atoms with Crippen LogP contribution in [0.25, 0.3) is 11.3 Å². The molecule has 5 nitrogen and oxygen atoms in total. The second-order valence-electron chi connectivity index (χ2n) is 5.07. The van der Waals surface area contributed by atoms with E-state index in [0.29, 0.717) is 30.5 Å². The molecule has 1 aromatic carbocycles. The van der Waals surface area contributed by atoms with Gasteiger partial charge in [0.25, 0.3) is 5.56 Å². The van der Waals surface area contributed by atoms with Crippen molar-refractivity contribution in [1.82, 2.24) is 15.5 Å². The Labute approximate surface area is 124 Å². The summed E-state index contributed by atoms with van der Waals surface area (Å²) in [4.78, 5) is 11.8. The molecule has 0 saturated carbocycles. The number of nitrogens with one attached hydrogen (secondary N) is 2. The number of hydrogen-bond acceptors (Lipinski definition) is 4. The molecule has 2 N–H and O–H groups in total. The number of nitrogens with zero attached hydrogens (tertiary/aromatic N) is 1. The van der Waals surface area contributed by atoms with Gasteiger partial charge in [0, 0.05) is 23.7 Å². The normalized spacial score (nSPS) is 10.9. The highest BCUT2D eigenvalue weighted by Gasteiger charge is 2.10. The first-order chi connectivity index (χ1) is 10.1. The van der Waals surface area contributed by atoms with Crippen molar-refractivity contribution >= 4 is 0 Å². The monoisotopic (exact) mass is 287 g/mol. The molecule has 0 fully saturated rings. The minimum Gasteiger partial charge on any atom is -0.493 e. The van der Waals surface area contributed by atoms with Gasteiger partial charge in [0.2, 0.25) is 0 Å². The van der Waals surface area contributed by atoms with Gasteiger partial charge in [-0.15, -0.1) is 0 Å². The lowest BCUT2D eigenvalue weighted by molar-refractivity contribution is 0.341. The molecule has 0 atom stereocenters. The fourth-order valence-corrected chi connectivity index (χ4v) is 1.99. The maximum Gasteiger partial charge on any atom is 0.268 e. The first-order valence-corrected chi connectivity index (χ1v) is 7.16. The fourth-order valence-electron chi connectivity index (χ4n) is 1.99. The van der Waals surface area contributed by atoms with E-state index in [0.717, 1.165) is 11.3 Å². The van der Waals surface area contributed by atoms with Crippen LogP contribution >= 0.6 is 0 Å². The Hall–Kier alpha value is -2.14. The van der Waals surface area contributed by atoms with E-state index in [4.69, 9.17) is 4.74 Å². The molecule has 0 aliphatic heterocycles. The second-order valence-corrected chi connectivity index (χ2v) is 5.07. The van der Waals surface area contributed by atoms with Gasteiger partial charge in [-0.05, 0) is 25.1 Å². The van der Waals surface area contributed by atoms with Crippen LogP contribution in [0.3, 0.4) is 0 Å². The fraction of sp³-hybridized carbons (Fsp3) is 0.375. The third-order valence-electron chi connectivity index (χ3n) is 3.04. The van der Waals surface area contributed by atoms with Crippen molar-refractivity contribution in [3.05, 3.63) is 46.2 Å². The van der Waals surface area contributed by atoms with E-state index in [1.54, 1.807) is 0 Å². The van der Waals surface area contributed by atoms with Crippen LogP contribution in [0, 0.1) is 0 Å². The Morgan fingerprint density at radius 3 is 2.81 bits per heavy atom. The van der Waals surface area contributed by atoms with E-state index < -0.39 is 0 Å². The van der Waals surface area contributed by atoms with Crippen molar-refractivity contribution in [2.75, 3.05) is 6.61 Å². The predicted molar refractivity (Wildman–Crippen MR) is 83.4 cm³/mol. The minimum atomic E-state index is -0.166. The lowest BCUT2D eigenvalue weighted by atomic mass is 10.1. The maximum atomic E-state index is 11.8. The molecule has 5 heteroatoms. The number of ether oxygens (including phenoxy) is 1. The Morgan fingerprint density at radius 2 is 2.10 bits per heavy atom. The molecule has 2 aromatic rings. The topological polar surface area (TPSA) is 67.0 Å². The summed E-state index contributed by atoms with van der Waals surface area (Å²) in [6.45, 7) is 7.12. The zero-order valence-corrected chi connectivity index (χ0v) is 12.6. The van der Waals surface area contributed by atoms with Gasteiger partial charge in [-0.2, -0.15) is 5.10 Å². The average molecular weight is 287 g/mol. The summed E-state index contributed by atoms with van der Waals surface area (Å²) in [5, 5.41) is 9.93. The summed E-state index contributed by atoms with van der Waals surface area (Å²) in [5.41, 5.74) is 2.08. The Bertz CT molecular complexity index is 650. The highest BCUT2D eigenvalue weighted by Crippen LogP contribution is 2.27. The number of benzene rings is 1. The van der Waals surface area contributed by atoms with Gasteiger partial charge in [-0.25, -0.2) is 5.10 Å². The number of hydrogen-bond donors (Lipinski definition) is 2. The first kappa shape index (κ1) is 15.3. The number of para-hydroxylation sites is 1. The number of aromatic nitrogens is 2. The summed E-state index contributed by atoms with van der Waals surface area (Å²) in [5.74, 6) is 0.766. The molecule has 0 radical (unpaired) electrons. The third kappa shape index (κ3) is 3.92. The lowest BCUT2D eigenvalue weighted by Crippen LogP contribution is -2.26. The van der Waals surface area contributed by atoms with Crippen molar-refractivity contribution in [3.63, 3.8) is 0 Å². The van der Waals surface area contributed by atoms with Crippen LogP contribution < -0.4 is 15.6 Å². The Kier molecular flexibility index (Phi) is 5.11. The van der Waals surface area contributed by atoms with Crippen LogP contribution in [0.15, 0.2) is 35.1 Å². The van der Waals surface area contributed by atoms with Crippen molar-refractivity contribution in [2.45, 2.75) is 33.4 Å². The van der Waals surface area contributed by atoms with E-state index in [1.165, 1.54) is 0 Å². The largest absolute Gasteiger partial charge is 0.493 e. The molecule has 0 saturated heterocycles. The smallest absolute Gasteiger partial charge is 0.268 e. The quantitative estimate of drug-likeness (QED) is 0.855. The van der Waals surface area contributed by atoms with Gasteiger partial charge in [0.15, 0.2) is 0 Å². The van der Waals surface area contributed by atoms with E-state index in [-0.39, 0.29) is 5.56 Å². The van der Waals surface area contributed by atoms with Crippen molar-refractivity contribution in [3.8, 4) is 17.0 Å².